The smallest absolute Gasteiger partial charge is 0.410 e. The van der Waals surface area contributed by atoms with Gasteiger partial charge in [0.05, 0.1) is 19.0 Å². The van der Waals surface area contributed by atoms with Gasteiger partial charge in [-0.15, -0.1) is 0 Å². The third-order valence-corrected chi connectivity index (χ3v) is 5.15. The summed E-state index contributed by atoms with van der Waals surface area (Å²) in [5.41, 5.74) is 2.44. The zero-order valence-electron chi connectivity index (χ0n) is 18.0. The highest BCUT2D eigenvalue weighted by Crippen LogP contribution is 2.29. The fourth-order valence-corrected chi connectivity index (χ4v) is 3.74. The summed E-state index contributed by atoms with van der Waals surface area (Å²) < 4.78 is 15.4. The second-order valence-corrected chi connectivity index (χ2v) is 8.90. The molecule has 4 rings (SSSR count). The summed E-state index contributed by atoms with van der Waals surface area (Å²) in [6, 6.07) is 3.97. The van der Waals surface area contributed by atoms with Crippen LogP contribution in [0.25, 0.3) is 16.6 Å². The Bertz CT molecular complexity index is 1030. The summed E-state index contributed by atoms with van der Waals surface area (Å²) in [6.45, 7) is 7.59. The van der Waals surface area contributed by atoms with Crippen molar-refractivity contribution < 1.29 is 14.3 Å². The number of carbonyl (C=O) groups excluding carboxylic acids is 1. The van der Waals surface area contributed by atoms with Crippen molar-refractivity contribution in [3.8, 4) is 16.9 Å². The first-order chi connectivity index (χ1) is 14.3. The summed E-state index contributed by atoms with van der Waals surface area (Å²) >= 11 is 0. The van der Waals surface area contributed by atoms with E-state index in [-0.39, 0.29) is 12.0 Å². The Morgan fingerprint density at radius 1 is 1.23 bits per heavy atom. The molecule has 4 heterocycles. The van der Waals surface area contributed by atoms with E-state index in [1.807, 2.05) is 63.1 Å². The highest BCUT2D eigenvalue weighted by Gasteiger charge is 2.28. The zero-order chi connectivity index (χ0) is 21.3. The lowest BCUT2D eigenvalue weighted by Gasteiger charge is -2.34. The second-order valence-electron chi connectivity index (χ2n) is 8.90. The monoisotopic (exact) mass is 411 g/mol. The van der Waals surface area contributed by atoms with Crippen molar-refractivity contribution in [2.24, 2.45) is 13.0 Å². The Hall–Kier alpha value is -3.03. The SMILES string of the molecule is Cn1cc(-c2cc(OCC3CCCN(C(=O)OC(C)(C)C)C3)c3ccnn3c2)cn1. The molecule has 0 bridgehead atoms. The van der Waals surface area contributed by atoms with Crippen molar-refractivity contribution in [3.05, 3.63) is 36.9 Å². The topological polar surface area (TPSA) is 73.9 Å². The van der Waals surface area contributed by atoms with Crippen molar-refractivity contribution in [2.45, 2.75) is 39.2 Å². The van der Waals surface area contributed by atoms with Crippen molar-refractivity contribution in [3.63, 3.8) is 0 Å². The molecule has 1 aliphatic heterocycles. The first kappa shape index (κ1) is 20.3. The van der Waals surface area contributed by atoms with E-state index >= 15 is 0 Å². The molecule has 3 aromatic heterocycles. The molecule has 3 aromatic rings. The van der Waals surface area contributed by atoms with Crippen LogP contribution in [0, 0.1) is 5.92 Å². The van der Waals surface area contributed by atoms with Gasteiger partial charge in [-0.2, -0.15) is 10.2 Å². The molecule has 1 unspecified atom stereocenters. The number of rotatable bonds is 4. The lowest BCUT2D eigenvalue weighted by Crippen LogP contribution is -2.44. The lowest BCUT2D eigenvalue weighted by molar-refractivity contribution is 0.0139. The molecule has 8 heteroatoms. The Labute approximate surface area is 176 Å². The number of amides is 1. The number of fused-ring (bicyclic) bond motifs is 1. The number of carbonyl (C=O) groups is 1. The molecule has 160 valence electrons. The van der Waals surface area contributed by atoms with Crippen LogP contribution in [-0.4, -0.2) is 55.7 Å². The Morgan fingerprint density at radius 2 is 2.07 bits per heavy atom. The van der Waals surface area contributed by atoms with Crippen LogP contribution in [0.2, 0.25) is 0 Å². The van der Waals surface area contributed by atoms with Gasteiger partial charge in [0, 0.05) is 49.6 Å². The van der Waals surface area contributed by atoms with Crippen LogP contribution in [0.15, 0.2) is 36.9 Å². The number of likely N-dealkylation sites (tertiary alicyclic amines) is 1. The number of ether oxygens (including phenoxy) is 2. The number of nitrogens with zero attached hydrogens (tertiary/aromatic N) is 5. The summed E-state index contributed by atoms with van der Waals surface area (Å²) in [7, 11) is 1.90. The molecule has 1 fully saturated rings. The van der Waals surface area contributed by atoms with Crippen LogP contribution in [0.4, 0.5) is 4.79 Å². The molecule has 0 saturated carbocycles. The molecule has 1 amide bonds. The van der Waals surface area contributed by atoms with Gasteiger partial charge >= 0.3 is 6.09 Å². The van der Waals surface area contributed by atoms with Gasteiger partial charge in [-0.1, -0.05) is 0 Å². The van der Waals surface area contributed by atoms with Crippen LogP contribution in [0.3, 0.4) is 0 Å². The number of aryl methyl sites for hydroxylation is 1. The largest absolute Gasteiger partial charge is 0.491 e. The van der Waals surface area contributed by atoms with Gasteiger partial charge in [0.2, 0.25) is 0 Å². The van der Waals surface area contributed by atoms with Crippen LogP contribution in [0.5, 0.6) is 5.75 Å². The van der Waals surface area contributed by atoms with E-state index in [9.17, 15) is 4.79 Å². The summed E-state index contributed by atoms with van der Waals surface area (Å²) in [5.74, 6) is 1.04. The van der Waals surface area contributed by atoms with E-state index in [4.69, 9.17) is 9.47 Å². The van der Waals surface area contributed by atoms with Crippen LogP contribution in [-0.2, 0) is 11.8 Å². The minimum absolute atomic E-state index is 0.246. The fraction of sp³-hybridized carbons (Fsp3) is 0.500. The molecule has 1 saturated heterocycles. The highest BCUT2D eigenvalue weighted by molar-refractivity contribution is 5.70. The van der Waals surface area contributed by atoms with Crippen LogP contribution >= 0.6 is 0 Å². The molecule has 30 heavy (non-hydrogen) atoms. The lowest BCUT2D eigenvalue weighted by atomic mass is 9.99. The number of piperidine rings is 1. The van der Waals surface area contributed by atoms with Crippen molar-refractivity contribution in [1.82, 2.24) is 24.3 Å². The maximum atomic E-state index is 12.4. The third kappa shape index (κ3) is 4.58. The van der Waals surface area contributed by atoms with E-state index < -0.39 is 5.60 Å². The molecule has 1 aliphatic rings. The normalized spacial score (nSPS) is 17.3. The van der Waals surface area contributed by atoms with Gasteiger partial charge in [-0.3, -0.25) is 4.68 Å². The van der Waals surface area contributed by atoms with E-state index in [1.165, 1.54) is 0 Å². The summed E-state index contributed by atoms with van der Waals surface area (Å²) in [6.07, 6.45) is 9.26. The standard InChI is InChI=1S/C22H29N5O3/c1-22(2,3)30-21(28)26-9-5-6-16(12-26)15-29-20-10-17(18-11-24-25(4)13-18)14-27-19(20)7-8-23-27/h7-8,10-11,13-14,16H,5-6,9,12,15H2,1-4H3. The first-order valence-electron chi connectivity index (χ1n) is 10.4. The van der Waals surface area contributed by atoms with Crippen molar-refractivity contribution in [2.75, 3.05) is 19.7 Å². The second kappa shape index (κ2) is 8.01. The Morgan fingerprint density at radius 3 is 2.80 bits per heavy atom. The predicted octanol–water partition coefficient (Wildman–Crippen LogP) is 3.76. The predicted molar refractivity (Wildman–Crippen MR) is 113 cm³/mol. The average molecular weight is 412 g/mol. The molecule has 8 nitrogen and oxygen atoms in total. The fourth-order valence-electron chi connectivity index (χ4n) is 3.74. The molecule has 1 atom stereocenters. The summed E-state index contributed by atoms with van der Waals surface area (Å²) in [4.78, 5) is 14.2. The van der Waals surface area contributed by atoms with E-state index in [1.54, 1.807) is 15.8 Å². The number of pyridine rings is 1. The van der Waals surface area contributed by atoms with Gasteiger partial charge in [0.25, 0.3) is 0 Å². The first-order valence-corrected chi connectivity index (χ1v) is 10.4. The minimum Gasteiger partial charge on any atom is -0.491 e. The van der Waals surface area contributed by atoms with Gasteiger partial charge < -0.3 is 14.4 Å². The maximum absolute atomic E-state index is 12.4. The molecular weight excluding hydrogens is 382 g/mol. The van der Waals surface area contributed by atoms with Crippen molar-refractivity contribution >= 4 is 11.6 Å². The molecule has 0 spiro atoms. The third-order valence-electron chi connectivity index (χ3n) is 5.15. The molecule has 0 N–H and O–H groups in total. The van der Waals surface area contributed by atoms with Gasteiger partial charge in [0.1, 0.15) is 16.9 Å². The van der Waals surface area contributed by atoms with Gasteiger partial charge in [0.15, 0.2) is 0 Å². The molecule has 0 radical (unpaired) electrons. The van der Waals surface area contributed by atoms with E-state index in [2.05, 4.69) is 10.2 Å². The highest BCUT2D eigenvalue weighted by atomic mass is 16.6. The molecule has 0 aliphatic carbocycles. The minimum atomic E-state index is -0.485. The van der Waals surface area contributed by atoms with E-state index in [0.717, 1.165) is 41.8 Å². The quantitative estimate of drug-likeness (QED) is 0.654. The van der Waals surface area contributed by atoms with Gasteiger partial charge in [-0.25, -0.2) is 9.31 Å². The molecule has 0 aromatic carbocycles. The Kier molecular flexibility index (Phi) is 5.40. The number of hydrogen-bond acceptors (Lipinski definition) is 5. The van der Waals surface area contributed by atoms with Crippen molar-refractivity contribution in [1.29, 1.82) is 0 Å². The van der Waals surface area contributed by atoms with Gasteiger partial charge in [-0.05, 0) is 45.7 Å². The Balaban J connectivity index is 1.47. The van der Waals surface area contributed by atoms with Crippen LogP contribution < -0.4 is 4.74 Å². The zero-order valence-corrected chi connectivity index (χ0v) is 18.0. The average Bonchev–Trinajstić information content (AvgIpc) is 3.33. The number of hydrogen-bond donors (Lipinski definition) is 0. The number of aromatic nitrogens is 4. The molecular formula is C22H29N5O3. The van der Waals surface area contributed by atoms with Crippen LogP contribution in [0.1, 0.15) is 33.6 Å². The summed E-state index contributed by atoms with van der Waals surface area (Å²) in [5, 5.41) is 8.63. The maximum Gasteiger partial charge on any atom is 0.410 e. The van der Waals surface area contributed by atoms with E-state index in [0.29, 0.717) is 13.2 Å².